The van der Waals surface area contributed by atoms with Crippen LogP contribution in [0.1, 0.15) is 43.4 Å². The zero-order valence-corrected chi connectivity index (χ0v) is 26.2. The maximum atomic E-state index is 13.7. The molecule has 12 nitrogen and oxygen atoms in total. The van der Waals surface area contributed by atoms with E-state index in [2.05, 4.69) is 20.9 Å². The number of Topliss-reactive ketones (excluding diaryl/α,β-unsaturated/α-hetero) is 1. The van der Waals surface area contributed by atoms with Gasteiger partial charge in [-0.25, -0.2) is 0 Å². The molecule has 12 heteroatoms. The molecule has 2 amide bonds. The number of ketones is 1. The number of carbonyl (C=O) groups excluding carboxylic acids is 3. The van der Waals surface area contributed by atoms with E-state index in [0.29, 0.717) is 24.9 Å². The molecule has 3 rings (SSSR count). The summed E-state index contributed by atoms with van der Waals surface area (Å²) in [6, 6.07) is 22.6. The van der Waals surface area contributed by atoms with Crippen molar-refractivity contribution in [3.63, 3.8) is 0 Å². The van der Waals surface area contributed by atoms with Crippen molar-refractivity contribution in [2.24, 2.45) is 22.4 Å². The van der Waals surface area contributed by atoms with Crippen LogP contribution in [0.4, 0.5) is 5.69 Å². The summed E-state index contributed by atoms with van der Waals surface area (Å²) >= 11 is 0. The fourth-order valence-electron chi connectivity index (χ4n) is 4.87. The van der Waals surface area contributed by atoms with Gasteiger partial charge in [0.05, 0.1) is 17.0 Å². The van der Waals surface area contributed by atoms with Crippen LogP contribution >= 0.6 is 0 Å². The first-order valence-electron chi connectivity index (χ1n) is 15.3. The SMILES string of the molecule is CC(C)[C@H](NC(=O)[C@H](Cc1ccccc1)NCc1ccccc1)C(=O)N[C@@H](CCCN=C(N)N)C(=O)Cc1ccc([N+](=O)[O-])cc1. The number of benzene rings is 3. The van der Waals surface area contributed by atoms with Gasteiger partial charge >= 0.3 is 0 Å². The zero-order valence-electron chi connectivity index (χ0n) is 26.2. The van der Waals surface area contributed by atoms with Gasteiger partial charge in [0.1, 0.15) is 6.04 Å². The number of aliphatic imine (C=N–C) groups is 1. The van der Waals surface area contributed by atoms with E-state index in [4.69, 9.17) is 11.5 Å². The number of nitro benzene ring substituents is 1. The molecular formula is C34H43N7O5. The number of amides is 2. The van der Waals surface area contributed by atoms with Crippen molar-refractivity contribution >= 4 is 29.2 Å². The number of hydrogen-bond donors (Lipinski definition) is 5. The van der Waals surface area contributed by atoms with E-state index in [1.165, 1.54) is 24.3 Å². The Morgan fingerprint density at radius 1 is 0.804 bits per heavy atom. The van der Waals surface area contributed by atoms with E-state index in [1.807, 2.05) is 74.5 Å². The maximum Gasteiger partial charge on any atom is 0.269 e. The third-order valence-electron chi connectivity index (χ3n) is 7.42. The number of nitrogens with one attached hydrogen (secondary N) is 3. The third kappa shape index (κ3) is 11.8. The molecule has 0 radical (unpaired) electrons. The summed E-state index contributed by atoms with van der Waals surface area (Å²) in [4.78, 5) is 55.2. The topological polar surface area (TPSA) is 195 Å². The van der Waals surface area contributed by atoms with E-state index in [-0.39, 0.29) is 48.6 Å². The van der Waals surface area contributed by atoms with E-state index in [0.717, 1.165) is 11.1 Å². The largest absolute Gasteiger partial charge is 0.370 e. The molecule has 0 heterocycles. The van der Waals surface area contributed by atoms with Crippen LogP contribution in [0.5, 0.6) is 0 Å². The number of rotatable bonds is 18. The lowest BCUT2D eigenvalue weighted by atomic mass is 9.97. The van der Waals surface area contributed by atoms with E-state index in [9.17, 15) is 24.5 Å². The number of non-ortho nitro benzene ring substituents is 1. The van der Waals surface area contributed by atoms with Gasteiger partial charge in [0.2, 0.25) is 11.8 Å². The summed E-state index contributed by atoms with van der Waals surface area (Å²) in [6.45, 7) is 4.36. The van der Waals surface area contributed by atoms with E-state index >= 15 is 0 Å². The van der Waals surface area contributed by atoms with Crippen LogP contribution in [-0.4, -0.2) is 53.2 Å². The van der Waals surface area contributed by atoms with Gasteiger partial charge in [-0.1, -0.05) is 86.6 Å². The Morgan fingerprint density at radius 2 is 1.41 bits per heavy atom. The molecule has 244 valence electrons. The van der Waals surface area contributed by atoms with Crippen molar-refractivity contribution in [2.45, 2.75) is 64.2 Å². The highest BCUT2D eigenvalue weighted by molar-refractivity contribution is 5.94. The molecule has 0 aliphatic carbocycles. The van der Waals surface area contributed by atoms with Crippen molar-refractivity contribution in [2.75, 3.05) is 6.54 Å². The van der Waals surface area contributed by atoms with Crippen LogP contribution in [0.15, 0.2) is 89.9 Å². The molecule has 3 aromatic carbocycles. The molecule has 0 unspecified atom stereocenters. The highest BCUT2D eigenvalue weighted by Gasteiger charge is 2.31. The van der Waals surface area contributed by atoms with Gasteiger partial charge in [0.25, 0.3) is 5.69 Å². The predicted molar refractivity (Wildman–Crippen MR) is 178 cm³/mol. The fraction of sp³-hybridized carbons (Fsp3) is 0.353. The summed E-state index contributed by atoms with van der Waals surface area (Å²) < 4.78 is 0. The highest BCUT2D eigenvalue weighted by atomic mass is 16.6. The third-order valence-corrected chi connectivity index (χ3v) is 7.42. The second-order valence-corrected chi connectivity index (χ2v) is 11.4. The van der Waals surface area contributed by atoms with Gasteiger partial charge in [-0.15, -0.1) is 0 Å². The van der Waals surface area contributed by atoms with E-state index in [1.54, 1.807) is 0 Å². The van der Waals surface area contributed by atoms with Crippen LogP contribution < -0.4 is 27.4 Å². The number of hydrogen-bond acceptors (Lipinski definition) is 7. The summed E-state index contributed by atoms with van der Waals surface area (Å²) in [5, 5.41) is 20.1. The standard InChI is InChI=1S/C34H43N7O5/c1-23(2)31(40-32(43)29(20-24-10-5-3-6-11-24)38-22-26-12-7-4-8-13-26)33(44)39-28(14-9-19-37-34(35)36)30(42)21-25-15-17-27(18-16-25)41(45)46/h3-8,10-13,15-18,23,28-29,31,38H,9,14,19-22H2,1-2H3,(H,39,44)(H,40,43)(H4,35,36,37)/t28-,29-,31-/m0/s1. The number of carbonyl (C=O) groups is 3. The van der Waals surface area contributed by atoms with E-state index < -0.39 is 29.0 Å². The quantitative estimate of drug-likeness (QED) is 0.0466. The molecule has 0 saturated carbocycles. The monoisotopic (exact) mass is 629 g/mol. The Kier molecular flexibility index (Phi) is 13.9. The molecule has 46 heavy (non-hydrogen) atoms. The summed E-state index contributed by atoms with van der Waals surface area (Å²) in [5.74, 6) is -1.48. The highest BCUT2D eigenvalue weighted by Crippen LogP contribution is 2.15. The Bertz CT molecular complexity index is 1460. The first kappa shape index (κ1) is 35.4. The minimum Gasteiger partial charge on any atom is -0.370 e. The van der Waals surface area contributed by atoms with Crippen molar-refractivity contribution in [1.29, 1.82) is 0 Å². The molecule has 0 aromatic heterocycles. The molecule has 0 aliphatic rings. The average molecular weight is 630 g/mol. The lowest BCUT2D eigenvalue weighted by molar-refractivity contribution is -0.384. The molecule has 0 spiro atoms. The van der Waals surface area contributed by atoms with Crippen molar-refractivity contribution < 1.29 is 19.3 Å². The van der Waals surface area contributed by atoms with Crippen LogP contribution in [0.25, 0.3) is 0 Å². The Balaban J connectivity index is 1.75. The van der Waals surface area contributed by atoms with Crippen molar-refractivity contribution in [3.05, 3.63) is 112 Å². The summed E-state index contributed by atoms with van der Waals surface area (Å²) in [6.07, 6.45) is 1.03. The number of nitrogens with zero attached hydrogens (tertiary/aromatic N) is 2. The number of guanidine groups is 1. The van der Waals surface area contributed by atoms with Gasteiger partial charge < -0.3 is 27.4 Å². The Labute approximate surface area is 269 Å². The van der Waals surface area contributed by atoms with Gasteiger partial charge in [0, 0.05) is 31.6 Å². The number of nitro groups is 1. The lowest BCUT2D eigenvalue weighted by Crippen LogP contribution is -2.57. The molecule has 0 aliphatic heterocycles. The summed E-state index contributed by atoms with van der Waals surface area (Å²) in [5.41, 5.74) is 13.3. The zero-order chi connectivity index (χ0) is 33.5. The smallest absolute Gasteiger partial charge is 0.269 e. The van der Waals surface area contributed by atoms with Gasteiger partial charge in [0.15, 0.2) is 11.7 Å². The minimum atomic E-state index is -0.920. The van der Waals surface area contributed by atoms with Crippen LogP contribution in [0.3, 0.4) is 0 Å². The Hall–Kier alpha value is -5.10. The minimum absolute atomic E-state index is 0.0491. The summed E-state index contributed by atoms with van der Waals surface area (Å²) in [7, 11) is 0. The van der Waals surface area contributed by atoms with Gasteiger partial charge in [-0.05, 0) is 41.9 Å². The second-order valence-electron chi connectivity index (χ2n) is 11.4. The normalized spacial score (nSPS) is 12.8. The fourth-order valence-corrected chi connectivity index (χ4v) is 4.87. The van der Waals surface area contributed by atoms with Crippen LogP contribution in [-0.2, 0) is 33.8 Å². The van der Waals surface area contributed by atoms with Crippen LogP contribution in [0.2, 0.25) is 0 Å². The Morgan fingerprint density at radius 3 is 1.98 bits per heavy atom. The first-order valence-corrected chi connectivity index (χ1v) is 15.3. The molecular weight excluding hydrogens is 586 g/mol. The molecule has 0 fully saturated rings. The average Bonchev–Trinajstić information content (AvgIpc) is 3.04. The molecule has 7 N–H and O–H groups in total. The van der Waals surface area contributed by atoms with Crippen molar-refractivity contribution in [1.82, 2.24) is 16.0 Å². The molecule has 3 aromatic rings. The van der Waals surface area contributed by atoms with Crippen LogP contribution in [0, 0.1) is 16.0 Å². The molecule has 0 bridgehead atoms. The number of nitrogens with two attached hydrogens (primary N) is 2. The van der Waals surface area contributed by atoms with Gasteiger partial charge in [-0.3, -0.25) is 29.5 Å². The maximum absolute atomic E-state index is 13.7. The second kappa shape index (κ2) is 18.0. The lowest BCUT2D eigenvalue weighted by Gasteiger charge is -2.27. The predicted octanol–water partition coefficient (Wildman–Crippen LogP) is 2.79. The molecule has 0 saturated heterocycles. The molecule has 3 atom stereocenters. The van der Waals surface area contributed by atoms with Gasteiger partial charge in [-0.2, -0.15) is 0 Å². The first-order chi connectivity index (χ1) is 22.0. The van der Waals surface area contributed by atoms with Crippen molar-refractivity contribution in [3.8, 4) is 0 Å².